The number of carbonyl (C=O) groups excluding carboxylic acids is 2. The van der Waals surface area contributed by atoms with Crippen LogP contribution in [0.2, 0.25) is 5.02 Å². The van der Waals surface area contributed by atoms with Gasteiger partial charge in [-0.1, -0.05) is 54.1 Å². The van der Waals surface area contributed by atoms with E-state index in [2.05, 4.69) is 20.9 Å². The molecule has 1 aromatic heterocycles. The Morgan fingerprint density at radius 1 is 1.00 bits per heavy atom. The van der Waals surface area contributed by atoms with E-state index >= 15 is 0 Å². The molecule has 4 aromatic rings. The Morgan fingerprint density at radius 2 is 1.82 bits per heavy atom. The summed E-state index contributed by atoms with van der Waals surface area (Å²) in [4.78, 5) is 29.4. The molecule has 0 bridgehead atoms. The molecule has 1 aliphatic heterocycles. The molecule has 0 atom stereocenters. The number of amides is 1. The van der Waals surface area contributed by atoms with Crippen LogP contribution in [0.3, 0.4) is 0 Å². The number of hydrogen-bond acceptors (Lipinski definition) is 4. The number of carbonyl (C=O) groups is 2. The molecule has 1 amide bonds. The molecule has 0 aliphatic carbocycles. The molecule has 6 nitrogen and oxygen atoms in total. The maximum Gasteiger partial charge on any atom is 0.239 e. The zero-order valence-electron chi connectivity index (χ0n) is 18.8. The van der Waals surface area contributed by atoms with Crippen molar-refractivity contribution in [1.29, 1.82) is 0 Å². The van der Waals surface area contributed by atoms with Crippen molar-refractivity contribution in [2.75, 3.05) is 31.5 Å². The first kappa shape index (κ1) is 22.4. The standard InChI is InChI=1S/C27H27ClN4O2/c28-22-15-30-24-13-19(5-7-21(22)24)27(34)26-20-4-2-1-3-18(20)6-8-23(26)31-16-25(33)32-14-17-9-11-29-12-10-17/h1-8,13,15,17,29-31H,9-12,14,16H2,(H,32,33). The quantitative estimate of drug-likeness (QED) is 0.292. The van der Waals surface area contributed by atoms with E-state index in [0.717, 1.165) is 47.6 Å². The summed E-state index contributed by atoms with van der Waals surface area (Å²) >= 11 is 6.20. The van der Waals surface area contributed by atoms with Gasteiger partial charge in [0.25, 0.3) is 0 Å². The Balaban J connectivity index is 1.39. The molecule has 4 N–H and O–H groups in total. The van der Waals surface area contributed by atoms with Crippen molar-refractivity contribution in [2.45, 2.75) is 12.8 Å². The predicted molar refractivity (Wildman–Crippen MR) is 138 cm³/mol. The number of fused-ring (bicyclic) bond motifs is 2. The SMILES string of the molecule is O=C(CNc1ccc2ccccc2c1C(=O)c1ccc2c(Cl)c[nH]c2c1)NCC1CCNCC1. The molecular weight excluding hydrogens is 448 g/mol. The lowest BCUT2D eigenvalue weighted by Crippen LogP contribution is -2.38. The molecule has 7 heteroatoms. The van der Waals surface area contributed by atoms with Crippen LogP contribution in [0.1, 0.15) is 28.8 Å². The van der Waals surface area contributed by atoms with Gasteiger partial charge in [0.15, 0.2) is 5.78 Å². The van der Waals surface area contributed by atoms with E-state index in [1.807, 2.05) is 48.5 Å². The fourth-order valence-electron chi connectivity index (χ4n) is 4.62. The van der Waals surface area contributed by atoms with Gasteiger partial charge < -0.3 is 20.9 Å². The lowest BCUT2D eigenvalue weighted by molar-refractivity contribution is -0.119. The summed E-state index contributed by atoms with van der Waals surface area (Å²) in [7, 11) is 0. The molecule has 3 aromatic carbocycles. The molecule has 1 aliphatic rings. The number of H-pyrrole nitrogens is 1. The number of piperidine rings is 1. The van der Waals surface area contributed by atoms with Crippen LogP contribution < -0.4 is 16.0 Å². The molecule has 2 heterocycles. The van der Waals surface area contributed by atoms with Crippen LogP contribution in [0.15, 0.2) is 60.8 Å². The molecule has 34 heavy (non-hydrogen) atoms. The second-order valence-electron chi connectivity index (χ2n) is 8.79. The Hall–Kier alpha value is -3.35. The van der Waals surface area contributed by atoms with Gasteiger partial charge in [0, 0.05) is 34.9 Å². The number of anilines is 1. The second kappa shape index (κ2) is 9.87. The number of hydrogen-bond donors (Lipinski definition) is 4. The zero-order chi connectivity index (χ0) is 23.5. The highest BCUT2D eigenvalue weighted by Gasteiger charge is 2.19. The van der Waals surface area contributed by atoms with Gasteiger partial charge in [0.05, 0.1) is 17.1 Å². The fraction of sp³-hybridized carbons (Fsp3) is 0.259. The van der Waals surface area contributed by atoms with E-state index in [4.69, 9.17) is 11.6 Å². The third kappa shape index (κ3) is 4.65. The predicted octanol–water partition coefficient (Wildman–Crippen LogP) is 4.73. The Kier molecular flexibility index (Phi) is 6.52. The monoisotopic (exact) mass is 474 g/mol. The van der Waals surface area contributed by atoms with Crippen LogP contribution in [0.25, 0.3) is 21.7 Å². The van der Waals surface area contributed by atoms with Gasteiger partial charge >= 0.3 is 0 Å². The zero-order valence-corrected chi connectivity index (χ0v) is 19.5. The molecule has 0 saturated carbocycles. The van der Waals surface area contributed by atoms with Gasteiger partial charge in [0.1, 0.15) is 0 Å². The Morgan fingerprint density at radius 3 is 2.68 bits per heavy atom. The maximum atomic E-state index is 13.7. The largest absolute Gasteiger partial charge is 0.376 e. The lowest BCUT2D eigenvalue weighted by atomic mass is 9.95. The molecule has 1 fully saturated rings. The van der Waals surface area contributed by atoms with Crippen molar-refractivity contribution < 1.29 is 9.59 Å². The number of aromatic amines is 1. The molecule has 174 valence electrons. The van der Waals surface area contributed by atoms with E-state index in [-0.39, 0.29) is 18.2 Å². The summed E-state index contributed by atoms with van der Waals surface area (Å²) in [5.74, 6) is 0.328. The average molecular weight is 475 g/mol. The molecule has 0 unspecified atom stereocenters. The first-order valence-corrected chi connectivity index (χ1v) is 12.0. The summed E-state index contributed by atoms with van der Waals surface area (Å²) < 4.78 is 0. The minimum absolute atomic E-state index is 0.0764. The highest BCUT2D eigenvalue weighted by atomic mass is 35.5. The van der Waals surface area contributed by atoms with Crippen molar-refractivity contribution in [1.82, 2.24) is 15.6 Å². The minimum Gasteiger partial charge on any atom is -0.376 e. The Labute approximate surface area is 203 Å². The van der Waals surface area contributed by atoms with Crippen LogP contribution in [0.4, 0.5) is 5.69 Å². The fourth-order valence-corrected chi connectivity index (χ4v) is 4.84. The third-order valence-electron chi connectivity index (χ3n) is 6.54. The molecule has 0 radical (unpaired) electrons. The molecule has 0 spiro atoms. The van der Waals surface area contributed by atoms with E-state index in [0.29, 0.717) is 34.3 Å². The maximum absolute atomic E-state index is 13.7. The number of benzene rings is 3. The van der Waals surface area contributed by atoms with Gasteiger partial charge in [-0.25, -0.2) is 0 Å². The summed E-state index contributed by atoms with van der Waals surface area (Å²) in [6.45, 7) is 2.79. The van der Waals surface area contributed by atoms with Crippen molar-refractivity contribution in [3.63, 3.8) is 0 Å². The normalized spacial score (nSPS) is 14.4. The number of aromatic nitrogens is 1. The lowest BCUT2D eigenvalue weighted by Gasteiger charge is -2.22. The number of rotatable bonds is 7. The van der Waals surface area contributed by atoms with Crippen molar-refractivity contribution in [3.8, 4) is 0 Å². The van der Waals surface area contributed by atoms with Crippen molar-refractivity contribution in [3.05, 3.63) is 76.9 Å². The van der Waals surface area contributed by atoms with E-state index in [9.17, 15) is 9.59 Å². The Bertz CT molecular complexity index is 1360. The first-order chi connectivity index (χ1) is 16.6. The van der Waals surface area contributed by atoms with Gasteiger partial charge in [-0.15, -0.1) is 0 Å². The summed E-state index contributed by atoms with van der Waals surface area (Å²) in [6.07, 6.45) is 3.87. The van der Waals surface area contributed by atoms with Crippen LogP contribution in [-0.4, -0.2) is 42.9 Å². The van der Waals surface area contributed by atoms with Crippen LogP contribution in [0, 0.1) is 5.92 Å². The molecule has 5 rings (SSSR count). The highest BCUT2D eigenvalue weighted by molar-refractivity contribution is 6.35. The number of halogens is 1. The highest BCUT2D eigenvalue weighted by Crippen LogP contribution is 2.30. The van der Waals surface area contributed by atoms with E-state index in [1.54, 1.807) is 12.3 Å². The molecular formula is C27H27ClN4O2. The van der Waals surface area contributed by atoms with Crippen LogP contribution in [0.5, 0.6) is 0 Å². The minimum atomic E-state index is -0.109. The number of ketones is 1. The van der Waals surface area contributed by atoms with Gasteiger partial charge in [-0.2, -0.15) is 0 Å². The molecule has 1 saturated heterocycles. The topological polar surface area (TPSA) is 86.0 Å². The van der Waals surface area contributed by atoms with Crippen LogP contribution in [-0.2, 0) is 4.79 Å². The van der Waals surface area contributed by atoms with Gasteiger partial charge in [-0.3, -0.25) is 9.59 Å². The van der Waals surface area contributed by atoms with Crippen molar-refractivity contribution in [2.24, 2.45) is 5.92 Å². The number of nitrogens with one attached hydrogen (secondary N) is 4. The first-order valence-electron chi connectivity index (χ1n) is 11.6. The van der Waals surface area contributed by atoms with E-state index in [1.165, 1.54) is 0 Å². The summed E-state index contributed by atoms with van der Waals surface area (Å²) in [6, 6.07) is 17.1. The van der Waals surface area contributed by atoms with Crippen molar-refractivity contribution >= 4 is 50.7 Å². The second-order valence-corrected chi connectivity index (χ2v) is 9.19. The third-order valence-corrected chi connectivity index (χ3v) is 6.85. The van der Waals surface area contributed by atoms with Crippen LogP contribution >= 0.6 is 11.6 Å². The average Bonchev–Trinajstić information content (AvgIpc) is 3.26. The van der Waals surface area contributed by atoms with E-state index < -0.39 is 0 Å². The van der Waals surface area contributed by atoms with Gasteiger partial charge in [-0.05, 0) is 54.8 Å². The van der Waals surface area contributed by atoms with Gasteiger partial charge in [0.2, 0.25) is 5.91 Å². The summed E-state index contributed by atoms with van der Waals surface area (Å²) in [5, 5.41) is 12.9. The summed E-state index contributed by atoms with van der Waals surface area (Å²) in [5.41, 5.74) is 2.57. The smallest absolute Gasteiger partial charge is 0.239 e.